The molecule has 0 N–H and O–H groups in total. The van der Waals surface area contributed by atoms with E-state index >= 15 is 0 Å². The fourth-order valence-electron chi connectivity index (χ4n) is 4.92. The van der Waals surface area contributed by atoms with Crippen molar-refractivity contribution in [1.82, 2.24) is 14.7 Å². The van der Waals surface area contributed by atoms with Crippen LogP contribution in [0.25, 0.3) is 0 Å². The molecule has 3 saturated heterocycles. The fraction of sp³-hybridized carbons (Fsp3) is 0.900. The molecule has 146 valence electrons. The topological polar surface area (TPSA) is 53.1 Å². The summed E-state index contributed by atoms with van der Waals surface area (Å²) in [5.41, 5.74) is 0. The summed E-state index contributed by atoms with van der Waals surface area (Å²) in [5, 5.41) is 0. The molecule has 0 spiro atoms. The number of hydrogen-bond donors (Lipinski definition) is 0. The number of nitrogens with zero attached hydrogens (tertiary/aromatic N) is 3. The van der Waals surface area contributed by atoms with Gasteiger partial charge in [0.05, 0.1) is 13.2 Å². The zero-order valence-electron chi connectivity index (χ0n) is 15.9. The van der Waals surface area contributed by atoms with Crippen LogP contribution in [-0.2, 0) is 14.3 Å². The van der Waals surface area contributed by atoms with Crippen LogP contribution in [0.4, 0.5) is 0 Å². The maximum atomic E-state index is 12.7. The molecule has 0 unspecified atom stereocenters. The van der Waals surface area contributed by atoms with Crippen molar-refractivity contribution < 1.29 is 14.3 Å². The molecule has 0 radical (unpaired) electrons. The number of morpholine rings is 1. The van der Waals surface area contributed by atoms with Gasteiger partial charge in [0.25, 0.3) is 0 Å². The minimum Gasteiger partial charge on any atom is -0.378 e. The van der Waals surface area contributed by atoms with Crippen LogP contribution in [-0.4, -0.2) is 85.0 Å². The van der Waals surface area contributed by atoms with E-state index in [9.17, 15) is 9.59 Å². The number of hydrogen-bond acceptors (Lipinski definition) is 4. The maximum Gasteiger partial charge on any atom is 0.225 e. The van der Waals surface area contributed by atoms with Crippen molar-refractivity contribution in [1.29, 1.82) is 0 Å². The Balaban J connectivity index is 1.20. The van der Waals surface area contributed by atoms with Crippen LogP contribution < -0.4 is 0 Å². The SMILES string of the molecule is O=C(C1CCN(C2CCN(C(=O)C3CCC3)CC2)CC1)N1CCOCC1. The van der Waals surface area contributed by atoms with Crippen LogP contribution in [0, 0.1) is 11.8 Å². The molecule has 26 heavy (non-hydrogen) atoms. The summed E-state index contributed by atoms with van der Waals surface area (Å²) in [7, 11) is 0. The number of amides is 2. The summed E-state index contributed by atoms with van der Waals surface area (Å²) in [6.45, 7) is 6.79. The minimum absolute atomic E-state index is 0.199. The molecule has 4 aliphatic rings. The van der Waals surface area contributed by atoms with E-state index < -0.39 is 0 Å². The highest BCUT2D eigenvalue weighted by atomic mass is 16.5. The second-order valence-electron chi connectivity index (χ2n) is 8.43. The van der Waals surface area contributed by atoms with Crippen molar-refractivity contribution in [2.45, 2.75) is 51.0 Å². The second kappa shape index (κ2) is 8.26. The number of piperidine rings is 2. The highest BCUT2D eigenvalue weighted by molar-refractivity contribution is 5.80. The first-order chi connectivity index (χ1) is 12.7. The lowest BCUT2D eigenvalue weighted by Crippen LogP contribution is -2.52. The van der Waals surface area contributed by atoms with Crippen LogP contribution in [0.15, 0.2) is 0 Å². The van der Waals surface area contributed by atoms with E-state index in [2.05, 4.69) is 9.80 Å². The van der Waals surface area contributed by atoms with Crippen molar-refractivity contribution in [3.63, 3.8) is 0 Å². The third-order valence-electron chi connectivity index (χ3n) is 6.95. The molecule has 4 fully saturated rings. The van der Waals surface area contributed by atoms with Gasteiger partial charge in [-0.25, -0.2) is 0 Å². The van der Waals surface area contributed by atoms with Gasteiger partial charge in [-0.1, -0.05) is 6.42 Å². The van der Waals surface area contributed by atoms with Crippen LogP contribution in [0.1, 0.15) is 44.9 Å². The van der Waals surface area contributed by atoms with Crippen LogP contribution in [0.2, 0.25) is 0 Å². The summed E-state index contributed by atoms with van der Waals surface area (Å²) in [6, 6.07) is 0.597. The van der Waals surface area contributed by atoms with Crippen molar-refractivity contribution in [3.05, 3.63) is 0 Å². The molecule has 6 heteroatoms. The van der Waals surface area contributed by atoms with Gasteiger partial charge in [-0.05, 0) is 51.6 Å². The average molecular weight is 364 g/mol. The second-order valence-corrected chi connectivity index (χ2v) is 8.43. The van der Waals surface area contributed by atoms with Crippen LogP contribution in [0.3, 0.4) is 0 Å². The predicted octanol–water partition coefficient (Wildman–Crippen LogP) is 1.35. The number of likely N-dealkylation sites (tertiary alicyclic amines) is 2. The van der Waals surface area contributed by atoms with Crippen molar-refractivity contribution in [3.8, 4) is 0 Å². The average Bonchev–Trinajstić information content (AvgIpc) is 2.67. The Morgan fingerprint density at radius 2 is 1.19 bits per heavy atom. The first-order valence-corrected chi connectivity index (χ1v) is 10.6. The quantitative estimate of drug-likeness (QED) is 0.760. The van der Waals surface area contributed by atoms with Crippen LogP contribution >= 0.6 is 0 Å². The molecule has 0 aromatic carbocycles. The van der Waals surface area contributed by atoms with E-state index in [0.29, 0.717) is 37.0 Å². The van der Waals surface area contributed by atoms with Gasteiger partial charge in [-0.2, -0.15) is 0 Å². The molecule has 2 amide bonds. The third-order valence-corrected chi connectivity index (χ3v) is 6.95. The highest BCUT2D eigenvalue weighted by Crippen LogP contribution is 2.30. The Kier molecular flexibility index (Phi) is 5.79. The summed E-state index contributed by atoms with van der Waals surface area (Å²) >= 11 is 0. The molecule has 4 rings (SSSR count). The third kappa shape index (κ3) is 3.91. The lowest BCUT2D eigenvalue weighted by atomic mass is 9.84. The van der Waals surface area contributed by atoms with E-state index in [0.717, 1.165) is 77.8 Å². The normalized spacial score (nSPS) is 27.4. The summed E-state index contributed by atoms with van der Waals surface area (Å²) < 4.78 is 5.35. The molecule has 1 saturated carbocycles. The van der Waals surface area contributed by atoms with Gasteiger partial charge in [-0.3, -0.25) is 9.59 Å². The zero-order chi connectivity index (χ0) is 17.9. The molecular weight excluding hydrogens is 330 g/mol. The number of carbonyl (C=O) groups excluding carboxylic acids is 2. The maximum absolute atomic E-state index is 12.7. The van der Waals surface area contributed by atoms with Crippen molar-refractivity contribution in [2.75, 3.05) is 52.5 Å². The monoisotopic (exact) mass is 363 g/mol. The largest absolute Gasteiger partial charge is 0.378 e. The summed E-state index contributed by atoms with van der Waals surface area (Å²) in [5.74, 6) is 1.27. The number of ether oxygens (including phenoxy) is 1. The molecule has 6 nitrogen and oxygen atoms in total. The van der Waals surface area contributed by atoms with Gasteiger partial charge in [-0.15, -0.1) is 0 Å². The molecule has 1 aliphatic carbocycles. The van der Waals surface area contributed by atoms with Crippen LogP contribution in [0.5, 0.6) is 0 Å². The zero-order valence-corrected chi connectivity index (χ0v) is 15.9. The van der Waals surface area contributed by atoms with E-state index in [-0.39, 0.29) is 5.92 Å². The first-order valence-electron chi connectivity index (χ1n) is 10.6. The number of carbonyl (C=O) groups is 2. The smallest absolute Gasteiger partial charge is 0.225 e. The van der Waals surface area contributed by atoms with Gasteiger partial charge in [0.1, 0.15) is 0 Å². The Hall–Kier alpha value is -1.14. The predicted molar refractivity (Wildman–Crippen MR) is 98.6 cm³/mol. The lowest BCUT2D eigenvalue weighted by molar-refractivity contribution is -0.142. The molecule has 3 heterocycles. The van der Waals surface area contributed by atoms with E-state index in [1.54, 1.807) is 0 Å². The standard InChI is InChI=1S/C20H33N3O3/c24-19(16-2-1-3-16)22-10-6-18(7-11-22)21-8-4-17(5-9-21)20(25)23-12-14-26-15-13-23/h16-18H,1-15H2. The molecule has 3 aliphatic heterocycles. The summed E-state index contributed by atoms with van der Waals surface area (Å²) in [6.07, 6.45) is 7.59. The summed E-state index contributed by atoms with van der Waals surface area (Å²) in [4.78, 5) is 31.7. The molecular formula is C20H33N3O3. The molecule has 0 bridgehead atoms. The molecule has 0 atom stereocenters. The van der Waals surface area contributed by atoms with Gasteiger partial charge >= 0.3 is 0 Å². The highest BCUT2D eigenvalue weighted by Gasteiger charge is 2.35. The van der Waals surface area contributed by atoms with Crippen molar-refractivity contribution >= 4 is 11.8 Å². The lowest BCUT2D eigenvalue weighted by Gasteiger charge is -2.43. The van der Waals surface area contributed by atoms with E-state index in [4.69, 9.17) is 4.74 Å². The molecule has 0 aromatic rings. The van der Waals surface area contributed by atoms with Crippen molar-refractivity contribution in [2.24, 2.45) is 11.8 Å². The first kappa shape index (κ1) is 18.2. The van der Waals surface area contributed by atoms with Gasteiger partial charge in [0, 0.05) is 44.1 Å². The van der Waals surface area contributed by atoms with Gasteiger partial charge in [0.15, 0.2) is 0 Å². The fourth-order valence-corrected chi connectivity index (χ4v) is 4.92. The number of rotatable bonds is 3. The Bertz CT molecular complexity index is 500. The van der Waals surface area contributed by atoms with Gasteiger partial charge < -0.3 is 19.4 Å². The Morgan fingerprint density at radius 1 is 0.654 bits per heavy atom. The van der Waals surface area contributed by atoms with E-state index in [1.165, 1.54) is 6.42 Å². The Morgan fingerprint density at radius 3 is 1.73 bits per heavy atom. The Labute approximate surface area is 156 Å². The van der Waals surface area contributed by atoms with Gasteiger partial charge in [0.2, 0.25) is 11.8 Å². The molecule has 0 aromatic heterocycles. The van der Waals surface area contributed by atoms with E-state index in [1.807, 2.05) is 4.90 Å². The minimum atomic E-state index is 0.199.